The van der Waals surface area contributed by atoms with Crippen LogP contribution in [0.1, 0.15) is 29.9 Å². The molecule has 2 rings (SSSR count). The third kappa shape index (κ3) is 3.42. The molecule has 1 aromatic carbocycles. The van der Waals surface area contributed by atoms with Crippen LogP contribution >= 0.6 is 0 Å². The summed E-state index contributed by atoms with van der Waals surface area (Å²) in [6, 6.07) is 11.0. The van der Waals surface area contributed by atoms with Crippen molar-refractivity contribution in [2.24, 2.45) is 0 Å². The van der Waals surface area contributed by atoms with E-state index < -0.39 is 10.5 Å². The summed E-state index contributed by atoms with van der Waals surface area (Å²) in [5.41, 5.74) is 0.417. The fourth-order valence-electron chi connectivity index (χ4n) is 1.89. The van der Waals surface area contributed by atoms with Crippen LogP contribution in [0, 0.1) is 10.1 Å². The Kier molecular flexibility index (Phi) is 3.98. The van der Waals surface area contributed by atoms with Gasteiger partial charge in [0.2, 0.25) is 0 Å². The Bertz CT molecular complexity index is 652. The first kappa shape index (κ1) is 14.6. The van der Waals surface area contributed by atoms with Crippen LogP contribution in [-0.4, -0.2) is 15.8 Å². The molecule has 0 aliphatic heterocycles. The van der Waals surface area contributed by atoms with Crippen molar-refractivity contribution in [3.05, 3.63) is 70.0 Å². The van der Waals surface area contributed by atoms with E-state index in [9.17, 15) is 14.9 Å². The molecule has 6 nitrogen and oxygen atoms in total. The van der Waals surface area contributed by atoms with Gasteiger partial charge in [-0.1, -0.05) is 6.07 Å². The number of nitro groups is 1. The summed E-state index contributed by atoms with van der Waals surface area (Å²) in [5.74, 6) is -0.305. The first-order valence-corrected chi connectivity index (χ1v) is 6.38. The molecule has 0 spiro atoms. The van der Waals surface area contributed by atoms with Gasteiger partial charge < -0.3 is 5.32 Å². The topological polar surface area (TPSA) is 85.1 Å². The summed E-state index contributed by atoms with van der Waals surface area (Å²) in [6.45, 7) is 3.69. The van der Waals surface area contributed by atoms with E-state index in [0.29, 0.717) is 5.56 Å². The number of carbonyl (C=O) groups is 1. The van der Waals surface area contributed by atoms with E-state index in [-0.39, 0.29) is 11.6 Å². The Labute approximate surface area is 122 Å². The van der Waals surface area contributed by atoms with E-state index in [2.05, 4.69) is 10.3 Å². The van der Waals surface area contributed by atoms with Gasteiger partial charge in [-0.05, 0) is 38.1 Å². The quantitative estimate of drug-likeness (QED) is 0.691. The Morgan fingerprint density at radius 1 is 1.19 bits per heavy atom. The number of nitrogens with one attached hydrogen (secondary N) is 1. The first-order chi connectivity index (χ1) is 9.90. The van der Waals surface area contributed by atoms with Crippen LogP contribution in [0.15, 0.2) is 48.7 Å². The van der Waals surface area contributed by atoms with Crippen molar-refractivity contribution in [3.63, 3.8) is 0 Å². The van der Waals surface area contributed by atoms with Gasteiger partial charge >= 0.3 is 0 Å². The third-order valence-corrected chi connectivity index (χ3v) is 3.07. The molecule has 2 aromatic rings. The second-order valence-corrected chi connectivity index (χ2v) is 5.10. The number of nitro benzene ring substituents is 1. The zero-order valence-corrected chi connectivity index (χ0v) is 11.7. The molecule has 0 saturated heterocycles. The zero-order chi connectivity index (χ0) is 15.5. The summed E-state index contributed by atoms with van der Waals surface area (Å²) < 4.78 is 0. The maximum Gasteiger partial charge on any atom is 0.269 e. The van der Waals surface area contributed by atoms with Crippen molar-refractivity contribution in [2.45, 2.75) is 19.4 Å². The molecule has 0 atom stereocenters. The number of non-ortho nitro benzene ring substituents is 1. The number of amides is 1. The predicted molar refractivity (Wildman–Crippen MR) is 77.8 cm³/mol. The largest absolute Gasteiger partial charge is 0.342 e. The monoisotopic (exact) mass is 285 g/mol. The highest BCUT2D eigenvalue weighted by molar-refractivity contribution is 5.94. The molecule has 108 valence electrons. The highest BCUT2D eigenvalue weighted by Gasteiger charge is 2.24. The molecular formula is C15H15N3O3. The Morgan fingerprint density at radius 3 is 2.38 bits per heavy atom. The van der Waals surface area contributed by atoms with Gasteiger partial charge in [0.05, 0.1) is 16.2 Å². The fraction of sp³-hybridized carbons (Fsp3) is 0.200. The van der Waals surface area contributed by atoms with E-state index in [1.165, 1.54) is 24.3 Å². The van der Waals surface area contributed by atoms with Crippen molar-refractivity contribution in [2.75, 3.05) is 0 Å². The fourth-order valence-corrected chi connectivity index (χ4v) is 1.89. The minimum absolute atomic E-state index is 0.0458. The van der Waals surface area contributed by atoms with Gasteiger partial charge in [0, 0.05) is 23.9 Å². The van der Waals surface area contributed by atoms with E-state index >= 15 is 0 Å². The lowest BCUT2D eigenvalue weighted by Crippen LogP contribution is -2.41. The standard InChI is InChI=1S/C15H15N3O3/c1-15(2,13-5-3-4-10-16-13)17-14(19)11-6-8-12(9-7-11)18(20)21/h3-10H,1-2H3,(H,17,19). The zero-order valence-electron chi connectivity index (χ0n) is 11.7. The number of hydrogen-bond donors (Lipinski definition) is 1. The van der Waals surface area contributed by atoms with Crippen LogP contribution in [0.25, 0.3) is 0 Å². The average Bonchev–Trinajstić information content (AvgIpc) is 2.48. The van der Waals surface area contributed by atoms with E-state index in [1.54, 1.807) is 12.3 Å². The van der Waals surface area contributed by atoms with Crippen molar-refractivity contribution < 1.29 is 9.72 Å². The van der Waals surface area contributed by atoms with Crippen LogP contribution < -0.4 is 5.32 Å². The van der Waals surface area contributed by atoms with Gasteiger partial charge in [-0.15, -0.1) is 0 Å². The minimum Gasteiger partial charge on any atom is -0.342 e. The average molecular weight is 285 g/mol. The molecule has 1 N–H and O–H groups in total. The molecule has 0 radical (unpaired) electrons. The van der Waals surface area contributed by atoms with E-state index in [4.69, 9.17) is 0 Å². The molecule has 0 aliphatic carbocycles. The molecule has 6 heteroatoms. The normalized spacial score (nSPS) is 11.0. The van der Waals surface area contributed by atoms with Crippen LogP contribution in [0.2, 0.25) is 0 Å². The number of hydrogen-bond acceptors (Lipinski definition) is 4. The number of carbonyl (C=O) groups excluding carboxylic acids is 1. The molecule has 0 bridgehead atoms. The number of pyridine rings is 1. The molecule has 1 aromatic heterocycles. The number of aromatic nitrogens is 1. The number of benzene rings is 1. The SMILES string of the molecule is CC(C)(NC(=O)c1ccc([N+](=O)[O-])cc1)c1ccccn1. The second-order valence-electron chi connectivity index (χ2n) is 5.10. The molecule has 0 unspecified atom stereocenters. The van der Waals surface area contributed by atoms with Crippen LogP contribution in [0.4, 0.5) is 5.69 Å². The van der Waals surface area contributed by atoms with Crippen molar-refractivity contribution in [1.82, 2.24) is 10.3 Å². The summed E-state index contributed by atoms with van der Waals surface area (Å²) in [4.78, 5) is 26.5. The van der Waals surface area contributed by atoms with Gasteiger partial charge in [0.25, 0.3) is 11.6 Å². The van der Waals surface area contributed by atoms with Gasteiger partial charge in [0.1, 0.15) is 0 Å². The van der Waals surface area contributed by atoms with Crippen molar-refractivity contribution in [3.8, 4) is 0 Å². The lowest BCUT2D eigenvalue weighted by Gasteiger charge is -2.25. The van der Waals surface area contributed by atoms with Gasteiger partial charge in [-0.25, -0.2) is 0 Å². The minimum atomic E-state index is -0.639. The number of nitrogens with zero attached hydrogens (tertiary/aromatic N) is 2. The number of rotatable bonds is 4. The Balaban J connectivity index is 2.15. The van der Waals surface area contributed by atoms with Gasteiger partial charge in [0.15, 0.2) is 0 Å². The highest BCUT2D eigenvalue weighted by atomic mass is 16.6. The Morgan fingerprint density at radius 2 is 1.86 bits per heavy atom. The molecular weight excluding hydrogens is 270 g/mol. The first-order valence-electron chi connectivity index (χ1n) is 6.38. The lowest BCUT2D eigenvalue weighted by atomic mass is 9.99. The summed E-state index contributed by atoms with van der Waals surface area (Å²) in [5, 5.41) is 13.5. The summed E-state index contributed by atoms with van der Waals surface area (Å²) in [7, 11) is 0. The Hall–Kier alpha value is -2.76. The van der Waals surface area contributed by atoms with Crippen LogP contribution in [0.5, 0.6) is 0 Å². The summed E-state index contributed by atoms with van der Waals surface area (Å²) >= 11 is 0. The van der Waals surface area contributed by atoms with E-state index in [0.717, 1.165) is 5.69 Å². The molecule has 1 heterocycles. The van der Waals surface area contributed by atoms with Gasteiger partial charge in [-0.3, -0.25) is 19.9 Å². The van der Waals surface area contributed by atoms with Crippen molar-refractivity contribution >= 4 is 11.6 Å². The van der Waals surface area contributed by atoms with Crippen LogP contribution in [0.3, 0.4) is 0 Å². The second kappa shape index (κ2) is 5.70. The smallest absolute Gasteiger partial charge is 0.269 e. The lowest BCUT2D eigenvalue weighted by molar-refractivity contribution is -0.384. The predicted octanol–water partition coefficient (Wildman–Crippen LogP) is 2.65. The maximum absolute atomic E-state index is 12.2. The molecule has 0 aliphatic rings. The van der Waals surface area contributed by atoms with Gasteiger partial charge in [-0.2, -0.15) is 0 Å². The maximum atomic E-state index is 12.2. The van der Waals surface area contributed by atoms with E-state index in [1.807, 2.05) is 26.0 Å². The molecule has 0 fully saturated rings. The molecule has 0 saturated carbocycles. The third-order valence-electron chi connectivity index (χ3n) is 3.07. The van der Waals surface area contributed by atoms with Crippen molar-refractivity contribution in [1.29, 1.82) is 0 Å². The summed E-state index contributed by atoms with van der Waals surface area (Å²) in [6.07, 6.45) is 1.66. The highest BCUT2D eigenvalue weighted by Crippen LogP contribution is 2.18. The molecule has 21 heavy (non-hydrogen) atoms. The molecule has 1 amide bonds. The van der Waals surface area contributed by atoms with Crippen LogP contribution in [-0.2, 0) is 5.54 Å².